The number of rotatable bonds is 13. The Morgan fingerprint density at radius 3 is 2.17 bits per heavy atom. The normalized spacial score (nSPS) is 12.8. The number of amides is 3. The summed E-state index contributed by atoms with van der Waals surface area (Å²) in [6.45, 7) is 15.3. The lowest BCUT2D eigenvalue weighted by Gasteiger charge is -2.35. The molecule has 0 aliphatic heterocycles. The number of halogens is 1. The maximum atomic E-state index is 14.2. The molecule has 2 atom stereocenters. The molecule has 0 aliphatic carbocycles. The molecule has 0 aliphatic rings. The highest BCUT2D eigenvalue weighted by molar-refractivity contribution is 6.34. The number of nitrogens with zero attached hydrogens (tertiary/aromatic N) is 1. The van der Waals surface area contributed by atoms with E-state index in [9.17, 15) is 14.4 Å². The molecule has 0 spiro atoms. The minimum Gasteiger partial charge on any atom is -0.444 e. The summed E-state index contributed by atoms with van der Waals surface area (Å²) in [4.78, 5) is 42.4. The number of unbranched alkanes of at least 4 members (excludes halogenated alkanes) is 5. The number of carbonyl (C=O) groups excluding carboxylic acids is 3. The van der Waals surface area contributed by atoms with Crippen molar-refractivity contribution in [1.82, 2.24) is 10.2 Å². The number of hydrogen-bond acceptors (Lipinski definition) is 4. The van der Waals surface area contributed by atoms with E-state index in [4.69, 9.17) is 16.3 Å². The van der Waals surface area contributed by atoms with Crippen LogP contribution in [-0.2, 0) is 14.3 Å². The van der Waals surface area contributed by atoms with Gasteiger partial charge in [-0.05, 0) is 83.2 Å². The van der Waals surface area contributed by atoms with Crippen molar-refractivity contribution in [2.45, 2.75) is 112 Å². The Labute approximate surface area is 251 Å². The van der Waals surface area contributed by atoms with E-state index in [0.717, 1.165) is 54.4 Å². The fourth-order valence-electron chi connectivity index (χ4n) is 4.73. The predicted molar refractivity (Wildman–Crippen MR) is 167 cm³/mol. The molecular formula is C33H48ClN3O4. The summed E-state index contributed by atoms with van der Waals surface area (Å²) < 4.78 is 5.39. The topological polar surface area (TPSA) is 87.7 Å². The van der Waals surface area contributed by atoms with Gasteiger partial charge in [0.2, 0.25) is 5.91 Å². The van der Waals surface area contributed by atoms with Crippen LogP contribution >= 0.6 is 11.6 Å². The van der Waals surface area contributed by atoms with Crippen molar-refractivity contribution in [2.24, 2.45) is 0 Å². The van der Waals surface area contributed by atoms with Gasteiger partial charge in [-0.2, -0.15) is 0 Å². The number of anilines is 1. The third kappa shape index (κ3) is 10.4. The summed E-state index contributed by atoms with van der Waals surface area (Å²) in [5.41, 5.74) is 3.30. The summed E-state index contributed by atoms with van der Waals surface area (Å²) in [6, 6.07) is 9.35. The van der Waals surface area contributed by atoms with Crippen molar-refractivity contribution in [1.29, 1.82) is 0 Å². The quantitative estimate of drug-likeness (QED) is 0.233. The van der Waals surface area contributed by atoms with Gasteiger partial charge in [-0.15, -0.1) is 0 Å². The number of para-hydroxylation sites is 1. The molecule has 0 aromatic heterocycles. The van der Waals surface area contributed by atoms with E-state index in [2.05, 4.69) is 17.6 Å². The SMILES string of the molecule is CCCCCCCCN(C(=O)C(C)NC(=O)OC(C)(C)C)C(C(=O)Nc1c(C)cccc1Cl)c1cccc(C)c1C. The third-order valence-electron chi connectivity index (χ3n) is 7.11. The average Bonchev–Trinajstić information content (AvgIpc) is 2.88. The number of aryl methyl sites for hydroxylation is 2. The van der Waals surface area contributed by atoms with Crippen LogP contribution in [0.2, 0.25) is 5.02 Å². The Morgan fingerprint density at radius 1 is 0.927 bits per heavy atom. The van der Waals surface area contributed by atoms with Gasteiger partial charge in [0.25, 0.3) is 5.91 Å². The summed E-state index contributed by atoms with van der Waals surface area (Å²) in [5, 5.41) is 6.10. The Hall–Kier alpha value is -3.06. The van der Waals surface area contributed by atoms with Crippen LogP contribution in [0.4, 0.5) is 10.5 Å². The van der Waals surface area contributed by atoms with E-state index < -0.39 is 23.8 Å². The van der Waals surface area contributed by atoms with Crippen LogP contribution in [0.5, 0.6) is 0 Å². The zero-order valence-corrected chi connectivity index (χ0v) is 26.8. The van der Waals surface area contributed by atoms with E-state index >= 15 is 0 Å². The molecular weight excluding hydrogens is 538 g/mol. The maximum absolute atomic E-state index is 14.2. The molecule has 0 saturated heterocycles. The molecule has 7 nitrogen and oxygen atoms in total. The highest BCUT2D eigenvalue weighted by Gasteiger charge is 2.36. The summed E-state index contributed by atoms with van der Waals surface area (Å²) in [6.07, 6.45) is 5.49. The second-order valence-corrected chi connectivity index (χ2v) is 12.2. The van der Waals surface area contributed by atoms with Crippen LogP contribution in [0.1, 0.15) is 101 Å². The first-order valence-corrected chi connectivity index (χ1v) is 15.1. The highest BCUT2D eigenvalue weighted by atomic mass is 35.5. The number of ether oxygens (including phenoxy) is 1. The third-order valence-corrected chi connectivity index (χ3v) is 7.43. The number of hydrogen-bond donors (Lipinski definition) is 2. The summed E-state index contributed by atoms with van der Waals surface area (Å²) >= 11 is 6.47. The summed E-state index contributed by atoms with van der Waals surface area (Å²) in [7, 11) is 0. The zero-order valence-electron chi connectivity index (χ0n) is 26.0. The maximum Gasteiger partial charge on any atom is 0.408 e. The molecule has 2 aromatic rings. The Morgan fingerprint density at radius 2 is 1.54 bits per heavy atom. The standard InChI is InChI=1S/C33H48ClN3O4/c1-9-10-11-12-13-14-21-37(31(39)25(5)35-32(40)41-33(6,7)8)29(26-19-15-17-22(2)24(26)4)30(38)36-28-23(3)18-16-20-27(28)34/h15-20,25,29H,9-14,21H2,1-8H3,(H,35,40)(H,36,38). The molecule has 2 N–H and O–H groups in total. The molecule has 2 rings (SSSR count). The van der Waals surface area contributed by atoms with Crippen LogP contribution in [0, 0.1) is 20.8 Å². The van der Waals surface area contributed by atoms with Crippen LogP contribution < -0.4 is 10.6 Å². The lowest BCUT2D eigenvalue weighted by Crippen LogP contribution is -2.51. The Kier molecular flexibility index (Phi) is 13.2. The lowest BCUT2D eigenvalue weighted by molar-refractivity contribution is -0.140. The van der Waals surface area contributed by atoms with Crippen molar-refractivity contribution >= 4 is 35.2 Å². The zero-order chi connectivity index (χ0) is 30.7. The largest absolute Gasteiger partial charge is 0.444 e. The second kappa shape index (κ2) is 15.8. The van der Waals surface area contributed by atoms with Gasteiger partial charge in [0.1, 0.15) is 17.7 Å². The summed E-state index contributed by atoms with van der Waals surface area (Å²) in [5.74, 6) is -0.722. The molecule has 0 heterocycles. The smallest absolute Gasteiger partial charge is 0.408 e. The van der Waals surface area contributed by atoms with Crippen LogP contribution in [-0.4, -0.2) is 41.0 Å². The van der Waals surface area contributed by atoms with Crippen molar-refractivity contribution < 1.29 is 19.1 Å². The lowest BCUT2D eigenvalue weighted by atomic mass is 9.94. The average molecular weight is 586 g/mol. The molecule has 8 heteroatoms. The number of benzene rings is 2. The minimum atomic E-state index is -0.934. The van der Waals surface area contributed by atoms with Crippen molar-refractivity contribution in [3.63, 3.8) is 0 Å². The predicted octanol–water partition coefficient (Wildman–Crippen LogP) is 8.05. The van der Waals surface area contributed by atoms with Crippen molar-refractivity contribution in [3.05, 3.63) is 63.7 Å². The molecule has 2 aromatic carbocycles. The highest BCUT2D eigenvalue weighted by Crippen LogP contribution is 2.31. The molecule has 3 amide bonds. The van der Waals surface area contributed by atoms with Gasteiger partial charge in [-0.1, -0.05) is 81.0 Å². The molecule has 41 heavy (non-hydrogen) atoms. The van der Waals surface area contributed by atoms with Crippen LogP contribution in [0.25, 0.3) is 0 Å². The van der Waals surface area contributed by atoms with Gasteiger partial charge in [0.05, 0.1) is 10.7 Å². The van der Waals surface area contributed by atoms with Gasteiger partial charge in [-0.25, -0.2) is 4.79 Å². The molecule has 0 radical (unpaired) electrons. The second-order valence-electron chi connectivity index (χ2n) is 11.8. The fraction of sp³-hybridized carbons (Fsp3) is 0.545. The van der Waals surface area contributed by atoms with Gasteiger partial charge in [0, 0.05) is 6.54 Å². The minimum absolute atomic E-state index is 0.359. The fourth-order valence-corrected chi connectivity index (χ4v) is 5.00. The van der Waals surface area contributed by atoms with Gasteiger partial charge in [0.15, 0.2) is 0 Å². The van der Waals surface area contributed by atoms with Crippen molar-refractivity contribution in [3.8, 4) is 0 Å². The van der Waals surface area contributed by atoms with Crippen LogP contribution in [0.15, 0.2) is 36.4 Å². The van der Waals surface area contributed by atoms with E-state index in [-0.39, 0.29) is 11.8 Å². The monoisotopic (exact) mass is 585 g/mol. The molecule has 2 unspecified atom stereocenters. The first kappa shape index (κ1) is 34.1. The molecule has 0 saturated carbocycles. The number of carbonyl (C=O) groups is 3. The van der Waals surface area contributed by atoms with E-state index in [1.807, 2.05) is 51.1 Å². The number of alkyl carbamates (subject to hydrolysis) is 1. The molecule has 226 valence electrons. The first-order chi connectivity index (χ1) is 19.3. The van der Waals surface area contributed by atoms with Gasteiger partial charge in [-0.3, -0.25) is 9.59 Å². The van der Waals surface area contributed by atoms with Gasteiger partial charge < -0.3 is 20.3 Å². The van der Waals surface area contributed by atoms with E-state index in [1.54, 1.807) is 38.7 Å². The van der Waals surface area contributed by atoms with Crippen molar-refractivity contribution in [2.75, 3.05) is 11.9 Å². The Bertz CT molecular complexity index is 1170. The van der Waals surface area contributed by atoms with Gasteiger partial charge >= 0.3 is 6.09 Å². The number of nitrogens with one attached hydrogen (secondary N) is 2. The van der Waals surface area contributed by atoms with E-state index in [0.29, 0.717) is 17.3 Å². The molecule has 0 fully saturated rings. The van der Waals surface area contributed by atoms with E-state index in [1.165, 1.54) is 6.42 Å². The van der Waals surface area contributed by atoms with Crippen LogP contribution in [0.3, 0.4) is 0 Å². The Balaban J connectivity index is 2.50. The first-order valence-electron chi connectivity index (χ1n) is 14.7. The molecule has 0 bridgehead atoms.